The van der Waals surface area contributed by atoms with Gasteiger partial charge in [-0.3, -0.25) is 0 Å². The van der Waals surface area contributed by atoms with Gasteiger partial charge in [0.15, 0.2) is 0 Å². The standard InChI is InChI=1S/C10H12N4O/c1-7-5-8(14-15-7)6-13-9-3-2-4-12-10(9)11/h2-5,13H,6H2,1H3,(H2,11,12). The minimum Gasteiger partial charge on any atom is -0.382 e. The molecule has 5 nitrogen and oxygen atoms in total. The smallest absolute Gasteiger partial charge is 0.146 e. The Hall–Kier alpha value is -2.04. The lowest BCUT2D eigenvalue weighted by Gasteiger charge is -2.05. The van der Waals surface area contributed by atoms with E-state index < -0.39 is 0 Å². The first kappa shape index (κ1) is 9.51. The van der Waals surface area contributed by atoms with Crippen LogP contribution in [-0.2, 0) is 6.54 Å². The molecular weight excluding hydrogens is 192 g/mol. The average Bonchev–Trinajstić information content (AvgIpc) is 2.63. The molecule has 0 aliphatic heterocycles. The first-order valence-electron chi connectivity index (χ1n) is 4.62. The third-order valence-electron chi connectivity index (χ3n) is 1.98. The fourth-order valence-corrected chi connectivity index (χ4v) is 1.25. The first-order valence-corrected chi connectivity index (χ1v) is 4.62. The summed E-state index contributed by atoms with van der Waals surface area (Å²) in [6, 6.07) is 5.57. The number of hydrogen-bond acceptors (Lipinski definition) is 5. The Morgan fingerprint density at radius 2 is 2.40 bits per heavy atom. The maximum atomic E-state index is 5.67. The van der Waals surface area contributed by atoms with Crippen molar-refractivity contribution in [2.45, 2.75) is 13.5 Å². The van der Waals surface area contributed by atoms with Crippen LogP contribution in [0.15, 0.2) is 28.9 Å². The molecule has 0 unspecified atom stereocenters. The van der Waals surface area contributed by atoms with Crippen LogP contribution in [0.5, 0.6) is 0 Å². The number of nitrogens with one attached hydrogen (secondary N) is 1. The normalized spacial score (nSPS) is 10.2. The second-order valence-corrected chi connectivity index (χ2v) is 3.22. The van der Waals surface area contributed by atoms with E-state index in [1.165, 1.54) is 0 Å². The van der Waals surface area contributed by atoms with Gasteiger partial charge in [0.25, 0.3) is 0 Å². The highest BCUT2D eigenvalue weighted by molar-refractivity contribution is 5.60. The molecule has 0 aliphatic rings. The van der Waals surface area contributed by atoms with E-state index in [2.05, 4.69) is 15.5 Å². The Labute approximate surface area is 87.3 Å². The number of aryl methyl sites for hydroxylation is 1. The van der Waals surface area contributed by atoms with Crippen LogP contribution >= 0.6 is 0 Å². The van der Waals surface area contributed by atoms with Crippen LogP contribution < -0.4 is 11.1 Å². The number of rotatable bonds is 3. The Kier molecular flexibility index (Phi) is 2.53. The lowest BCUT2D eigenvalue weighted by atomic mass is 10.3. The Morgan fingerprint density at radius 3 is 3.07 bits per heavy atom. The summed E-state index contributed by atoms with van der Waals surface area (Å²) in [6.07, 6.45) is 1.65. The summed E-state index contributed by atoms with van der Waals surface area (Å²) in [5, 5.41) is 6.99. The van der Waals surface area contributed by atoms with E-state index in [1.54, 1.807) is 6.20 Å². The van der Waals surface area contributed by atoms with Gasteiger partial charge in [-0.2, -0.15) is 0 Å². The molecule has 0 fully saturated rings. The molecule has 0 bridgehead atoms. The molecule has 5 heteroatoms. The van der Waals surface area contributed by atoms with E-state index in [4.69, 9.17) is 10.3 Å². The summed E-state index contributed by atoms with van der Waals surface area (Å²) < 4.78 is 4.95. The molecule has 0 amide bonds. The molecule has 2 rings (SSSR count). The van der Waals surface area contributed by atoms with Crippen molar-refractivity contribution in [2.24, 2.45) is 0 Å². The highest BCUT2D eigenvalue weighted by Gasteiger charge is 2.01. The van der Waals surface area contributed by atoms with Gasteiger partial charge in [0.05, 0.1) is 12.2 Å². The molecule has 3 N–H and O–H groups in total. The number of anilines is 2. The second kappa shape index (κ2) is 4.00. The highest BCUT2D eigenvalue weighted by atomic mass is 16.5. The van der Waals surface area contributed by atoms with Gasteiger partial charge in [-0.15, -0.1) is 0 Å². The van der Waals surface area contributed by atoms with Gasteiger partial charge in [0, 0.05) is 12.3 Å². The highest BCUT2D eigenvalue weighted by Crippen LogP contribution is 2.14. The van der Waals surface area contributed by atoms with Crippen LogP contribution in [0.3, 0.4) is 0 Å². The van der Waals surface area contributed by atoms with Crippen LogP contribution in [0.1, 0.15) is 11.5 Å². The van der Waals surface area contributed by atoms with Gasteiger partial charge in [-0.1, -0.05) is 5.16 Å². The molecule has 2 aromatic rings. The molecule has 0 atom stereocenters. The topological polar surface area (TPSA) is 77.0 Å². The average molecular weight is 204 g/mol. The van der Waals surface area contributed by atoms with Crippen LogP contribution in [0, 0.1) is 6.92 Å². The predicted octanol–water partition coefficient (Wildman–Crippen LogP) is 1.57. The lowest BCUT2D eigenvalue weighted by molar-refractivity contribution is 0.391. The summed E-state index contributed by atoms with van der Waals surface area (Å²) in [7, 11) is 0. The molecular formula is C10H12N4O. The quantitative estimate of drug-likeness (QED) is 0.793. The molecule has 15 heavy (non-hydrogen) atoms. The number of pyridine rings is 1. The minimum absolute atomic E-state index is 0.484. The summed E-state index contributed by atoms with van der Waals surface area (Å²) in [5.41, 5.74) is 7.32. The van der Waals surface area contributed by atoms with E-state index in [-0.39, 0.29) is 0 Å². The van der Waals surface area contributed by atoms with Crippen molar-refractivity contribution < 1.29 is 4.52 Å². The number of nitrogen functional groups attached to an aromatic ring is 1. The maximum Gasteiger partial charge on any atom is 0.146 e. The van der Waals surface area contributed by atoms with Crippen molar-refractivity contribution >= 4 is 11.5 Å². The van der Waals surface area contributed by atoms with Gasteiger partial charge < -0.3 is 15.6 Å². The van der Waals surface area contributed by atoms with Gasteiger partial charge in [0.2, 0.25) is 0 Å². The van der Waals surface area contributed by atoms with Crippen molar-refractivity contribution in [1.29, 1.82) is 0 Å². The summed E-state index contributed by atoms with van der Waals surface area (Å²) in [4.78, 5) is 3.97. The van der Waals surface area contributed by atoms with Crippen molar-refractivity contribution in [3.05, 3.63) is 35.9 Å². The number of hydrogen-bond donors (Lipinski definition) is 2. The van der Waals surface area contributed by atoms with E-state index >= 15 is 0 Å². The van der Waals surface area contributed by atoms with Gasteiger partial charge in [-0.25, -0.2) is 4.98 Å². The van der Waals surface area contributed by atoms with E-state index in [1.807, 2.05) is 25.1 Å². The second-order valence-electron chi connectivity index (χ2n) is 3.22. The molecule has 0 aromatic carbocycles. The number of aromatic nitrogens is 2. The van der Waals surface area contributed by atoms with Gasteiger partial charge in [-0.05, 0) is 19.1 Å². The lowest BCUT2D eigenvalue weighted by Crippen LogP contribution is -2.03. The van der Waals surface area contributed by atoms with E-state index in [9.17, 15) is 0 Å². The predicted molar refractivity (Wildman–Crippen MR) is 57.2 cm³/mol. The van der Waals surface area contributed by atoms with Crippen LogP contribution in [0.25, 0.3) is 0 Å². The fraction of sp³-hybridized carbons (Fsp3) is 0.200. The van der Waals surface area contributed by atoms with Gasteiger partial charge >= 0.3 is 0 Å². The van der Waals surface area contributed by atoms with Crippen LogP contribution in [0.4, 0.5) is 11.5 Å². The Balaban J connectivity index is 2.02. The zero-order chi connectivity index (χ0) is 10.7. The molecule has 0 radical (unpaired) electrons. The summed E-state index contributed by atoms with van der Waals surface area (Å²) in [5.74, 6) is 1.28. The van der Waals surface area contributed by atoms with Crippen LogP contribution in [-0.4, -0.2) is 10.1 Å². The van der Waals surface area contributed by atoms with E-state index in [0.717, 1.165) is 17.1 Å². The third kappa shape index (κ3) is 2.25. The third-order valence-corrected chi connectivity index (χ3v) is 1.98. The maximum absolute atomic E-state index is 5.67. The molecule has 78 valence electrons. The monoisotopic (exact) mass is 204 g/mol. The van der Waals surface area contributed by atoms with Crippen molar-refractivity contribution in [2.75, 3.05) is 11.1 Å². The minimum atomic E-state index is 0.484. The zero-order valence-electron chi connectivity index (χ0n) is 8.40. The molecule has 0 aliphatic carbocycles. The Morgan fingerprint density at radius 1 is 1.53 bits per heavy atom. The van der Waals surface area contributed by atoms with E-state index in [0.29, 0.717) is 12.4 Å². The zero-order valence-corrected chi connectivity index (χ0v) is 8.40. The Bertz CT molecular complexity index is 452. The molecule has 0 saturated heterocycles. The van der Waals surface area contributed by atoms with Crippen molar-refractivity contribution in [3.8, 4) is 0 Å². The SMILES string of the molecule is Cc1cc(CNc2cccnc2N)no1. The van der Waals surface area contributed by atoms with Crippen LogP contribution in [0.2, 0.25) is 0 Å². The molecule has 2 heterocycles. The van der Waals surface area contributed by atoms with Crippen molar-refractivity contribution in [1.82, 2.24) is 10.1 Å². The van der Waals surface area contributed by atoms with Gasteiger partial charge in [0.1, 0.15) is 17.3 Å². The first-order chi connectivity index (χ1) is 7.25. The number of nitrogens with two attached hydrogens (primary N) is 1. The fourth-order valence-electron chi connectivity index (χ4n) is 1.25. The summed E-state index contributed by atoms with van der Waals surface area (Å²) in [6.45, 7) is 2.43. The molecule has 0 spiro atoms. The largest absolute Gasteiger partial charge is 0.382 e. The van der Waals surface area contributed by atoms with Crippen molar-refractivity contribution in [3.63, 3.8) is 0 Å². The number of nitrogens with zero attached hydrogens (tertiary/aromatic N) is 2. The molecule has 0 saturated carbocycles. The summed E-state index contributed by atoms with van der Waals surface area (Å²) >= 11 is 0. The molecule has 2 aromatic heterocycles.